The summed E-state index contributed by atoms with van der Waals surface area (Å²) in [6, 6.07) is -0.646. The number of ether oxygens (including phenoxy) is 6. The first-order chi connectivity index (χ1) is 23.5. The lowest BCUT2D eigenvalue weighted by atomic mass is 10.1. The van der Waals surface area contributed by atoms with Crippen molar-refractivity contribution >= 4 is 75.6 Å². The van der Waals surface area contributed by atoms with Crippen LogP contribution in [0.4, 0.5) is 19.8 Å². The Morgan fingerprint density at radius 2 is 1.82 bits per heavy atom. The number of rotatable bonds is 17. The molecule has 270 valence electrons. The van der Waals surface area contributed by atoms with Gasteiger partial charge in [-0.15, -0.1) is 11.8 Å². The van der Waals surface area contributed by atoms with Crippen molar-refractivity contribution in [3.8, 4) is 0 Å². The predicted molar refractivity (Wildman–Crippen MR) is 178 cm³/mol. The van der Waals surface area contributed by atoms with Gasteiger partial charge in [0.05, 0.1) is 19.1 Å². The highest BCUT2D eigenvalue weighted by atomic mass is 33.1. The summed E-state index contributed by atoms with van der Waals surface area (Å²) in [4.78, 5) is 64.6. The van der Waals surface area contributed by atoms with Gasteiger partial charge in [-0.05, 0) is 6.42 Å². The Labute approximate surface area is 290 Å². The van der Waals surface area contributed by atoms with E-state index in [1.54, 1.807) is 4.90 Å². The third-order valence-electron chi connectivity index (χ3n) is 6.68. The minimum Gasteiger partial charge on any atom is -0.495 e. The zero-order valence-electron chi connectivity index (χ0n) is 26.1. The van der Waals surface area contributed by atoms with Crippen molar-refractivity contribution in [1.82, 2.24) is 14.5 Å². The first-order valence-electron chi connectivity index (χ1n) is 14.7. The molecule has 49 heavy (non-hydrogen) atoms. The second-order valence-electron chi connectivity index (χ2n) is 10.3. The molecule has 0 saturated carbocycles. The highest BCUT2D eigenvalue weighted by molar-refractivity contribution is 8.76. The fourth-order valence-electron chi connectivity index (χ4n) is 4.33. The van der Waals surface area contributed by atoms with Gasteiger partial charge >= 0.3 is 24.0 Å². The number of fused-ring (bicyclic) bond motifs is 1. The molecule has 1 fully saturated rings. The lowest BCUT2D eigenvalue weighted by Crippen LogP contribution is -2.44. The molecule has 4 heterocycles. The molecule has 4 unspecified atom stereocenters. The van der Waals surface area contributed by atoms with Crippen LogP contribution in [0.5, 0.6) is 0 Å². The number of carbonyl (C=O) groups is 3. The van der Waals surface area contributed by atoms with Crippen LogP contribution in [0.15, 0.2) is 26.0 Å². The van der Waals surface area contributed by atoms with E-state index in [0.717, 1.165) is 10.8 Å². The number of aliphatic imine (C=N–C) groups is 3. The quantitative estimate of drug-likeness (QED) is 0.0873. The van der Waals surface area contributed by atoms with Crippen molar-refractivity contribution in [1.29, 1.82) is 0 Å². The fraction of sp³-hybridized carbons (Fsp3) is 0.615. The summed E-state index contributed by atoms with van der Waals surface area (Å²) in [6.07, 6.45) is -0.205. The number of aliphatic hydroxyl groups is 1. The molecule has 5 N–H and O–H groups in total. The van der Waals surface area contributed by atoms with Crippen molar-refractivity contribution in [3.05, 3.63) is 22.5 Å². The van der Waals surface area contributed by atoms with E-state index >= 15 is 0 Å². The van der Waals surface area contributed by atoms with Gasteiger partial charge in [-0.25, -0.2) is 23.8 Å². The van der Waals surface area contributed by atoms with E-state index in [9.17, 15) is 28.7 Å². The van der Waals surface area contributed by atoms with Gasteiger partial charge in [-0.1, -0.05) is 21.6 Å². The fourth-order valence-corrected chi connectivity index (χ4v) is 6.97. The summed E-state index contributed by atoms with van der Waals surface area (Å²) in [6.45, 7) is 1.62. The molecule has 4 rings (SSSR count). The van der Waals surface area contributed by atoms with Gasteiger partial charge in [0, 0.05) is 36.6 Å². The molecule has 0 amide bonds. The van der Waals surface area contributed by atoms with Crippen LogP contribution < -0.4 is 17.2 Å². The Hall–Kier alpha value is -3.96. The number of thioether (sulfide) groups is 1. The number of halogens is 1. The summed E-state index contributed by atoms with van der Waals surface area (Å²) in [5.74, 6) is -1.26. The molecule has 0 aromatic carbocycles. The molecule has 3 aliphatic heterocycles. The molecule has 0 spiro atoms. The van der Waals surface area contributed by atoms with E-state index in [2.05, 4.69) is 20.0 Å². The number of aromatic nitrogens is 2. The van der Waals surface area contributed by atoms with Gasteiger partial charge in [0.15, 0.2) is 23.8 Å². The van der Waals surface area contributed by atoms with Crippen LogP contribution in [-0.4, -0.2) is 131 Å². The van der Waals surface area contributed by atoms with Crippen LogP contribution in [0.2, 0.25) is 0 Å². The Kier molecular flexibility index (Phi) is 14.5. The van der Waals surface area contributed by atoms with E-state index in [1.807, 2.05) is 0 Å². The van der Waals surface area contributed by atoms with Gasteiger partial charge in [0.2, 0.25) is 11.9 Å². The first kappa shape index (κ1) is 37.9. The lowest BCUT2D eigenvalue weighted by Gasteiger charge is -2.27. The van der Waals surface area contributed by atoms with Crippen LogP contribution >= 0.6 is 33.3 Å². The molecule has 1 saturated heterocycles. The topological polar surface area (TPSA) is 254 Å². The van der Waals surface area contributed by atoms with E-state index in [0.29, 0.717) is 30.2 Å². The molecular weight excluding hydrogens is 716 g/mol. The minimum absolute atomic E-state index is 0.0168. The first-order valence-corrected chi connectivity index (χ1v) is 18.2. The summed E-state index contributed by atoms with van der Waals surface area (Å²) in [5, 5.41) is 9.97. The predicted octanol–water partition coefficient (Wildman–Crippen LogP) is 1.13. The number of aliphatic hydroxyl groups excluding tert-OH is 1. The van der Waals surface area contributed by atoms with Crippen molar-refractivity contribution in [2.24, 2.45) is 26.6 Å². The highest BCUT2D eigenvalue weighted by Gasteiger charge is 2.37. The smallest absolute Gasteiger partial charge is 0.495 e. The molecular formula is C26H35FN8O11S3. The number of nitrogens with two attached hydrogens (primary N) is 2. The number of anilines is 1. The molecule has 5 atom stereocenters. The SMILES string of the molecule is CC(=O)OCC(CCN1C=NC2C(O)=NC(N)=NC21)COC(=O)OCCSSCCOC(=O)OC[C@@H]1OC(n2cc(F)c(N)nc2=O)CS1. The van der Waals surface area contributed by atoms with Crippen molar-refractivity contribution < 1.29 is 52.3 Å². The van der Waals surface area contributed by atoms with E-state index < -0.39 is 59.5 Å². The Balaban J connectivity index is 1.02. The molecule has 0 radical (unpaired) electrons. The zero-order chi connectivity index (χ0) is 35.3. The lowest BCUT2D eigenvalue weighted by molar-refractivity contribution is -0.142. The molecule has 3 aliphatic rings. The monoisotopic (exact) mass is 750 g/mol. The van der Waals surface area contributed by atoms with Crippen LogP contribution in [0.25, 0.3) is 0 Å². The van der Waals surface area contributed by atoms with Crippen molar-refractivity contribution in [3.63, 3.8) is 0 Å². The third-order valence-corrected chi connectivity index (χ3v) is 10.1. The van der Waals surface area contributed by atoms with Crippen molar-refractivity contribution in [2.75, 3.05) is 62.6 Å². The largest absolute Gasteiger partial charge is 0.508 e. The third kappa shape index (κ3) is 11.9. The number of hydrogen-bond acceptors (Lipinski definition) is 20. The zero-order valence-corrected chi connectivity index (χ0v) is 28.5. The molecule has 1 aromatic heterocycles. The average molecular weight is 751 g/mol. The van der Waals surface area contributed by atoms with Gasteiger partial charge in [-0.3, -0.25) is 14.4 Å². The standard InChI is InChI=1S/C26H35FN8O11S3/c1-14(36)43-9-15(2-3-34-13-30-19-21(34)32-23(29)33-22(19)37)10-44-25(39)41-4-6-48-49-7-5-42-26(40)45-11-18-46-17(12-47-18)35-8-16(27)20(28)31-24(35)38/h8,13,15,17-19,21H,2-7,9-12H2,1H3,(H2,28,31,38)(H3,29,32,33,37)/t15?,17?,18-,19?,21?/m1/s1. The molecule has 0 aliphatic carbocycles. The van der Waals surface area contributed by atoms with Gasteiger partial charge in [0.25, 0.3) is 0 Å². The molecule has 1 aromatic rings. The van der Waals surface area contributed by atoms with Crippen LogP contribution in [0.3, 0.4) is 0 Å². The van der Waals surface area contributed by atoms with E-state index in [1.165, 1.54) is 46.6 Å². The Morgan fingerprint density at radius 3 is 2.53 bits per heavy atom. The van der Waals surface area contributed by atoms with Crippen LogP contribution in [-0.2, 0) is 33.2 Å². The van der Waals surface area contributed by atoms with Gasteiger partial charge in [-0.2, -0.15) is 9.98 Å². The van der Waals surface area contributed by atoms with E-state index in [-0.39, 0.29) is 50.8 Å². The summed E-state index contributed by atoms with van der Waals surface area (Å²) in [5.41, 5.74) is 9.60. The van der Waals surface area contributed by atoms with E-state index in [4.69, 9.17) is 39.9 Å². The second-order valence-corrected chi connectivity index (χ2v) is 14.2. The van der Waals surface area contributed by atoms with Gasteiger partial charge < -0.3 is 49.9 Å². The molecule has 19 nitrogen and oxygen atoms in total. The number of nitrogens with zero attached hydrogens (tertiary/aromatic N) is 6. The minimum atomic E-state index is -0.896. The second kappa shape index (κ2) is 18.7. The summed E-state index contributed by atoms with van der Waals surface area (Å²) >= 11 is 1.28. The number of hydrogen-bond donors (Lipinski definition) is 3. The summed E-state index contributed by atoms with van der Waals surface area (Å²) < 4.78 is 45.8. The molecule has 23 heteroatoms. The number of esters is 1. The number of carbonyl (C=O) groups excluding carboxylic acids is 3. The molecule has 0 bridgehead atoms. The van der Waals surface area contributed by atoms with Crippen LogP contribution in [0, 0.1) is 11.7 Å². The highest BCUT2D eigenvalue weighted by Crippen LogP contribution is 2.31. The van der Waals surface area contributed by atoms with Crippen LogP contribution in [0.1, 0.15) is 19.6 Å². The van der Waals surface area contributed by atoms with Crippen molar-refractivity contribution in [2.45, 2.75) is 37.2 Å². The summed E-state index contributed by atoms with van der Waals surface area (Å²) in [7, 11) is 2.78. The van der Waals surface area contributed by atoms with Gasteiger partial charge in [0.1, 0.15) is 38.1 Å². The maximum atomic E-state index is 13.7. The average Bonchev–Trinajstić information content (AvgIpc) is 3.70. The maximum absolute atomic E-state index is 13.7. The number of guanidine groups is 1. The number of nitrogen functional groups attached to an aromatic ring is 1. The Morgan fingerprint density at radius 1 is 1.12 bits per heavy atom. The maximum Gasteiger partial charge on any atom is 0.508 e. The Bertz CT molecular complexity index is 1490. The normalized spacial score (nSPS) is 21.7.